The van der Waals surface area contributed by atoms with Crippen molar-refractivity contribution in [3.8, 4) is 0 Å². The molecule has 46 valence electrons. The summed E-state index contributed by atoms with van der Waals surface area (Å²) in [7, 11) is 1.94. The van der Waals surface area contributed by atoms with E-state index in [0.29, 0.717) is 0 Å². The molecule has 0 aromatic rings. The minimum absolute atomic E-state index is 0.174. The average Bonchev–Trinajstić information content (AvgIpc) is 1.85. The van der Waals surface area contributed by atoms with Crippen molar-refractivity contribution in [1.29, 1.82) is 0 Å². The first kappa shape index (κ1) is 5.63. The van der Waals surface area contributed by atoms with Gasteiger partial charge in [0.15, 0.2) is 0 Å². The topological polar surface area (TPSA) is 23.5 Å². The molecule has 0 aromatic heterocycles. The minimum atomic E-state index is -0.174. The molecule has 2 heteroatoms. The van der Waals surface area contributed by atoms with Crippen molar-refractivity contribution >= 4 is 0 Å². The molecule has 0 saturated carbocycles. The second kappa shape index (κ2) is 1.78. The molecule has 0 radical (unpaired) electrons. The molecule has 1 unspecified atom stereocenters. The van der Waals surface area contributed by atoms with Crippen molar-refractivity contribution in [2.24, 2.45) is 0 Å². The number of nitrogens with zero attached hydrogens (tertiary/aromatic N) is 1. The van der Waals surface area contributed by atoms with E-state index in [1.807, 2.05) is 11.9 Å². The van der Waals surface area contributed by atoms with Crippen molar-refractivity contribution in [2.75, 3.05) is 13.6 Å². The lowest BCUT2D eigenvalue weighted by molar-refractivity contribution is 0.183. The van der Waals surface area contributed by atoms with E-state index in [2.05, 4.69) is 6.58 Å². The lowest BCUT2D eigenvalue weighted by Crippen LogP contribution is -2.14. The third-order valence-corrected chi connectivity index (χ3v) is 1.50. The van der Waals surface area contributed by atoms with Gasteiger partial charge in [-0.2, -0.15) is 0 Å². The van der Waals surface area contributed by atoms with Crippen molar-refractivity contribution < 1.29 is 5.11 Å². The summed E-state index contributed by atoms with van der Waals surface area (Å²) in [5.74, 6) is 0. The van der Waals surface area contributed by atoms with Crippen LogP contribution in [0.25, 0.3) is 0 Å². The van der Waals surface area contributed by atoms with E-state index in [9.17, 15) is 0 Å². The maximum absolute atomic E-state index is 8.97. The first-order valence-electron chi connectivity index (χ1n) is 2.77. The fourth-order valence-electron chi connectivity index (χ4n) is 0.938. The number of likely N-dealkylation sites (tertiary alicyclic amines) is 1. The monoisotopic (exact) mass is 113 g/mol. The highest BCUT2D eigenvalue weighted by Gasteiger charge is 2.18. The first-order valence-corrected chi connectivity index (χ1v) is 2.77. The predicted molar refractivity (Wildman–Crippen MR) is 32.4 cm³/mol. The molecule has 0 bridgehead atoms. The normalized spacial score (nSPS) is 29.5. The second-order valence-electron chi connectivity index (χ2n) is 2.30. The van der Waals surface area contributed by atoms with E-state index < -0.39 is 0 Å². The van der Waals surface area contributed by atoms with Gasteiger partial charge in [-0.1, -0.05) is 6.58 Å². The van der Waals surface area contributed by atoms with Gasteiger partial charge < -0.3 is 10.0 Å². The number of aliphatic hydroxyl groups is 1. The van der Waals surface area contributed by atoms with Crippen molar-refractivity contribution in [3.63, 3.8) is 0 Å². The van der Waals surface area contributed by atoms with Gasteiger partial charge in [0, 0.05) is 25.7 Å². The van der Waals surface area contributed by atoms with Gasteiger partial charge in [0.1, 0.15) is 0 Å². The van der Waals surface area contributed by atoms with Crippen LogP contribution in [-0.2, 0) is 0 Å². The molecule has 1 rings (SSSR count). The summed E-state index contributed by atoms with van der Waals surface area (Å²) in [6, 6.07) is 0. The fourth-order valence-corrected chi connectivity index (χ4v) is 0.938. The Labute approximate surface area is 49.4 Å². The van der Waals surface area contributed by atoms with Crippen molar-refractivity contribution in [2.45, 2.75) is 12.5 Å². The SMILES string of the molecule is C=C1CC(O)CN1C. The molecular weight excluding hydrogens is 102 g/mol. The van der Waals surface area contributed by atoms with Gasteiger partial charge in [-0.15, -0.1) is 0 Å². The Kier molecular flexibility index (Phi) is 1.26. The number of rotatable bonds is 0. The maximum Gasteiger partial charge on any atom is 0.0769 e. The quantitative estimate of drug-likeness (QED) is 0.485. The Morgan fingerprint density at radius 2 is 2.50 bits per heavy atom. The molecule has 0 aliphatic carbocycles. The van der Waals surface area contributed by atoms with Crippen LogP contribution in [0.2, 0.25) is 0 Å². The van der Waals surface area contributed by atoms with Gasteiger partial charge in [-0.3, -0.25) is 0 Å². The van der Waals surface area contributed by atoms with Crippen LogP contribution in [-0.4, -0.2) is 29.7 Å². The zero-order valence-corrected chi connectivity index (χ0v) is 5.09. The van der Waals surface area contributed by atoms with Crippen LogP contribution in [0.3, 0.4) is 0 Å². The van der Waals surface area contributed by atoms with Gasteiger partial charge in [-0.25, -0.2) is 0 Å². The van der Waals surface area contributed by atoms with Crippen molar-refractivity contribution in [1.82, 2.24) is 4.90 Å². The van der Waals surface area contributed by atoms with E-state index >= 15 is 0 Å². The summed E-state index contributed by atoms with van der Waals surface area (Å²) in [6.45, 7) is 4.50. The third kappa shape index (κ3) is 0.842. The second-order valence-corrected chi connectivity index (χ2v) is 2.30. The lowest BCUT2D eigenvalue weighted by Gasteiger charge is -2.08. The smallest absolute Gasteiger partial charge is 0.0769 e. The summed E-state index contributed by atoms with van der Waals surface area (Å²) in [5, 5.41) is 8.97. The molecule has 0 spiro atoms. The van der Waals surface area contributed by atoms with Crippen molar-refractivity contribution in [3.05, 3.63) is 12.3 Å². The third-order valence-electron chi connectivity index (χ3n) is 1.50. The van der Waals surface area contributed by atoms with Crippen LogP contribution >= 0.6 is 0 Å². The molecule has 1 N–H and O–H groups in total. The highest BCUT2D eigenvalue weighted by Crippen LogP contribution is 2.16. The molecule has 0 aromatic carbocycles. The summed E-state index contributed by atoms with van der Waals surface area (Å²) in [5.41, 5.74) is 1.04. The Balaban J connectivity index is 2.51. The number of aliphatic hydroxyl groups excluding tert-OH is 1. The molecule has 8 heavy (non-hydrogen) atoms. The summed E-state index contributed by atoms with van der Waals surface area (Å²) in [6.07, 6.45) is 0.573. The van der Waals surface area contributed by atoms with E-state index in [0.717, 1.165) is 18.7 Å². The fraction of sp³-hybridized carbons (Fsp3) is 0.667. The average molecular weight is 113 g/mol. The Morgan fingerprint density at radius 1 is 1.88 bits per heavy atom. The van der Waals surface area contributed by atoms with Gasteiger partial charge >= 0.3 is 0 Å². The molecule has 1 fully saturated rings. The number of likely N-dealkylation sites (N-methyl/N-ethyl adjacent to an activating group) is 1. The molecule has 0 amide bonds. The van der Waals surface area contributed by atoms with Crippen LogP contribution in [0, 0.1) is 0 Å². The number of β-amino-alcohol motifs (C(OH)–C–C–N with tert-alkyl or cyclic N) is 1. The van der Waals surface area contributed by atoms with Crippen LogP contribution in [0.1, 0.15) is 6.42 Å². The van der Waals surface area contributed by atoms with Gasteiger partial charge in [0.05, 0.1) is 6.10 Å². The summed E-state index contributed by atoms with van der Waals surface area (Å²) >= 11 is 0. The van der Waals surface area contributed by atoms with Crippen LogP contribution in [0.4, 0.5) is 0 Å². The Hall–Kier alpha value is -0.500. The van der Waals surface area contributed by atoms with Crippen LogP contribution in [0.15, 0.2) is 12.3 Å². The Morgan fingerprint density at radius 3 is 2.62 bits per heavy atom. The molecular formula is C6H11NO. The number of hydrogen-bond acceptors (Lipinski definition) is 2. The van der Waals surface area contributed by atoms with Crippen LogP contribution < -0.4 is 0 Å². The van der Waals surface area contributed by atoms with E-state index in [1.54, 1.807) is 0 Å². The molecule has 1 heterocycles. The molecule has 2 nitrogen and oxygen atoms in total. The van der Waals surface area contributed by atoms with Gasteiger partial charge in [0.2, 0.25) is 0 Å². The zero-order valence-electron chi connectivity index (χ0n) is 5.09. The first-order chi connectivity index (χ1) is 3.70. The predicted octanol–water partition coefficient (Wildman–Crippen LogP) is 0.196. The van der Waals surface area contributed by atoms with Gasteiger partial charge in [0.25, 0.3) is 0 Å². The van der Waals surface area contributed by atoms with E-state index in [-0.39, 0.29) is 6.10 Å². The summed E-state index contributed by atoms with van der Waals surface area (Å²) < 4.78 is 0. The van der Waals surface area contributed by atoms with E-state index in [1.165, 1.54) is 0 Å². The molecule has 1 aliphatic heterocycles. The summed E-state index contributed by atoms with van der Waals surface area (Å²) in [4.78, 5) is 1.98. The lowest BCUT2D eigenvalue weighted by atomic mass is 10.3. The highest BCUT2D eigenvalue weighted by atomic mass is 16.3. The molecule has 1 aliphatic rings. The minimum Gasteiger partial charge on any atom is -0.391 e. The molecule has 1 atom stereocenters. The van der Waals surface area contributed by atoms with E-state index in [4.69, 9.17) is 5.11 Å². The Bertz CT molecular complexity index is 111. The zero-order chi connectivity index (χ0) is 6.15. The maximum atomic E-state index is 8.97. The van der Waals surface area contributed by atoms with Gasteiger partial charge in [-0.05, 0) is 0 Å². The van der Waals surface area contributed by atoms with Crippen LogP contribution in [0.5, 0.6) is 0 Å². The highest BCUT2D eigenvalue weighted by molar-refractivity contribution is 5.01. The largest absolute Gasteiger partial charge is 0.391 e. The molecule has 1 saturated heterocycles. The standard InChI is InChI=1S/C6H11NO/c1-5-3-6(8)4-7(5)2/h6,8H,1,3-4H2,2H3. The number of hydrogen-bond donors (Lipinski definition) is 1.